The van der Waals surface area contributed by atoms with Crippen molar-refractivity contribution in [1.82, 2.24) is 19.9 Å². The topological polar surface area (TPSA) is 62.2 Å². The summed E-state index contributed by atoms with van der Waals surface area (Å²) < 4.78 is 27.2. The van der Waals surface area contributed by atoms with Gasteiger partial charge in [-0.2, -0.15) is 0 Å². The number of rotatable bonds is 2. The Kier molecular flexibility index (Phi) is 4.62. The van der Waals surface area contributed by atoms with Crippen LogP contribution >= 0.6 is 0 Å². The Morgan fingerprint density at radius 1 is 1.00 bits per heavy atom. The average molecular weight is 369 g/mol. The maximum Gasteiger partial charge on any atom is 0.272 e. The van der Waals surface area contributed by atoms with E-state index < -0.39 is 11.6 Å². The molecule has 1 aliphatic rings. The summed E-state index contributed by atoms with van der Waals surface area (Å²) in [5.74, 6) is -1.02. The quantitative estimate of drug-likeness (QED) is 0.695. The Morgan fingerprint density at radius 3 is 2.63 bits per heavy atom. The van der Waals surface area contributed by atoms with Gasteiger partial charge in [0, 0.05) is 56.1 Å². The molecule has 0 spiro atoms. The largest absolute Gasteiger partial charge is 0.339 e. The minimum atomic E-state index is -0.717. The van der Waals surface area contributed by atoms with Crippen molar-refractivity contribution in [2.75, 3.05) is 31.1 Å². The highest BCUT2D eigenvalue weighted by molar-refractivity contribution is 5.95. The van der Waals surface area contributed by atoms with Gasteiger partial charge in [-0.05, 0) is 24.6 Å². The number of hydrogen-bond donors (Lipinski definition) is 0. The van der Waals surface area contributed by atoms with E-state index in [0.29, 0.717) is 25.6 Å². The zero-order valence-corrected chi connectivity index (χ0v) is 14.5. The number of benzene rings is 1. The lowest BCUT2D eigenvalue weighted by Crippen LogP contribution is -2.36. The molecule has 4 rings (SSSR count). The van der Waals surface area contributed by atoms with Crippen LogP contribution in [0.4, 0.5) is 14.7 Å². The van der Waals surface area contributed by atoms with E-state index in [1.165, 1.54) is 12.1 Å². The molecule has 138 valence electrons. The summed E-state index contributed by atoms with van der Waals surface area (Å²) in [5.41, 5.74) is 0.310. The molecule has 0 aliphatic carbocycles. The molecule has 3 heterocycles. The molecule has 27 heavy (non-hydrogen) atoms. The predicted octanol–water partition coefficient (Wildman–Crippen LogP) is 2.66. The Labute approximate surface area is 154 Å². The number of nitrogens with zero attached hydrogens (tertiary/aromatic N) is 5. The molecule has 0 radical (unpaired) electrons. The van der Waals surface area contributed by atoms with E-state index in [-0.39, 0.29) is 22.5 Å². The van der Waals surface area contributed by atoms with Gasteiger partial charge in [0.25, 0.3) is 5.91 Å². The van der Waals surface area contributed by atoms with Crippen molar-refractivity contribution in [1.29, 1.82) is 0 Å². The predicted molar refractivity (Wildman–Crippen MR) is 96.4 cm³/mol. The van der Waals surface area contributed by atoms with Crippen LogP contribution in [0.2, 0.25) is 0 Å². The normalized spacial score (nSPS) is 15.0. The maximum absolute atomic E-state index is 13.8. The first-order chi connectivity index (χ1) is 13.1. The molecule has 0 N–H and O–H groups in total. The molecule has 6 nitrogen and oxygen atoms in total. The molecular weight excluding hydrogens is 352 g/mol. The summed E-state index contributed by atoms with van der Waals surface area (Å²) in [5, 5.41) is 0.191. The SMILES string of the molecule is O=C(c1ccc2c(F)cc(F)cc2n1)N1CCCN(c2ncccn2)CC1. The van der Waals surface area contributed by atoms with Crippen LogP contribution < -0.4 is 4.90 Å². The molecule has 1 saturated heterocycles. The zero-order valence-electron chi connectivity index (χ0n) is 14.5. The van der Waals surface area contributed by atoms with Crippen molar-refractivity contribution >= 4 is 22.8 Å². The summed E-state index contributed by atoms with van der Waals surface area (Å²) in [6.45, 7) is 2.41. The monoisotopic (exact) mass is 369 g/mol. The molecular formula is C19H17F2N5O. The van der Waals surface area contributed by atoms with Crippen LogP contribution in [-0.4, -0.2) is 51.9 Å². The minimum absolute atomic E-state index is 0.132. The highest BCUT2D eigenvalue weighted by Crippen LogP contribution is 2.19. The fourth-order valence-electron chi connectivity index (χ4n) is 3.21. The number of carbonyl (C=O) groups is 1. The number of carbonyl (C=O) groups excluding carboxylic acids is 1. The van der Waals surface area contributed by atoms with Crippen LogP contribution in [0.1, 0.15) is 16.9 Å². The third-order valence-corrected chi connectivity index (χ3v) is 4.56. The highest BCUT2D eigenvalue weighted by Gasteiger charge is 2.22. The zero-order chi connectivity index (χ0) is 18.8. The number of amides is 1. The van der Waals surface area contributed by atoms with Crippen molar-refractivity contribution in [2.24, 2.45) is 0 Å². The van der Waals surface area contributed by atoms with E-state index >= 15 is 0 Å². The summed E-state index contributed by atoms with van der Waals surface area (Å²) in [6.07, 6.45) is 4.14. The molecule has 0 bridgehead atoms. The van der Waals surface area contributed by atoms with Crippen LogP contribution in [0.15, 0.2) is 42.7 Å². The molecule has 1 aromatic carbocycles. The number of pyridine rings is 1. The van der Waals surface area contributed by atoms with E-state index in [0.717, 1.165) is 25.1 Å². The number of hydrogen-bond acceptors (Lipinski definition) is 5. The smallest absolute Gasteiger partial charge is 0.272 e. The lowest BCUT2D eigenvalue weighted by Gasteiger charge is -2.21. The van der Waals surface area contributed by atoms with Crippen LogP contribution in [0, 0.1) is 11.6 Å². The Hall–Kier alpha value is -3.16. The number of halogens is 2. The second-order valence-electron chi connectivity index (χ2n) is 6.33. The average Bonchev–Trinajstić information content (AvgIpc) is 2.94. The van der Waals surface area contributed by atoms with Gasteiger partial charge >= 0.3 is 0 Å². The van der Waals surface area contributed by atoms with Crippen molar-refractivity contribution in [3.63, 3.8) is 0 Å². The summed E-state index contributed by atoms with van der Waals surface area (Å²) in [6, 6.07) is 6.64. The molecule has 1 aliphatic heterocycles. The fraction of sp³-hybridized carbons (Fsp3) is 0.263. The molecule has 0 atom stereocenters. The summed E-state index contributed by atoms with van der Waals surface area (Å²) >= 11 is 0. The van der Waals surface area contributed by atoms with Crippen molar-refractivity contribution in [3.8, 4) is 0 Å². The van der Waals surface area contributed by atoms with Crippen molar-refractivity contribution < 1.29 is 13.6 Å². The van der Waals surface area contributed by atoms with E-state index in [9.17, 15) is 13.6 Å². The fourth-order valence-corrected chi connectivity index (χ4v) is 3.21. The first-order valence-electron chi connectivity index (χ1n) is 8.69. The first-order valence-corrected chi connectivity index (χ1v) is 8.69. The number of aromatic nitrogens is 3. The second-order valence-corrected chi connectivity index (χ2v) is 6.33. The number of fused-ring (bicyclic) bond motifs is 1. The van der Waals surface area contributed by atoms with E-state index in [1.807, 2.05) is 4.90 Å². The Bertz CT molecular complexity index is 983. The van der Waals surface area contributed by atoms with Gasteiger partial charge in [0.05, 0.1) is 5.52 Å². The van der Waals surface area contributed by atoms with Crippen LogP contribution in [0.5, 0.6) is 0 Å². The molecule has 2 aromatic heterocycles. The van der Waals surface area contributed by atoms with Gasteiger partial charge in [0.1, 0.15) is 17.3 Å². The molecule has 1 amide bonds. The standard InChI is InChI=1S/C19H17F2N5O/c20-13-11-15(21)14-3-4-16(24-17(14)12-13)18(27)25-7-2-8-26(10-9-25)19-22-5-1-6-23-19/h1,3-6,11-12H,2,7-10H2. The van der Waals surface area contributed by atoms with Gasteiger partial charge in [0.2, 0.25) is 5.95 Å². The van der Waals surface area contributed by atoms with Gasteiger partial charge in [-0.15, -0.1) is 0 Å². The lowest BCUT2D eigenvalue weighted by molar-refractivity contribution is 0.0761. The molecule has 8 heteroatoms. The third kappa shape index (κ3) is 3.55. The van der Waals surface area contributed by atoms with Crippen molar-refractivity contribution in [3.05, 3.63) is 60.1 Å². The van der Waals surface area contributed by atoms with Gasteiger partial charge in [0.15, 0.2) is 0 Å². The summed E-state index contributed by atoms with van der Waals surface area (Å²) in [7, 11) is 0. The molecule has 0 unspecified atom stereocenters. The third-order valence-electron chi connectivity index (χ3n) is 4.56. The minimum Gasteiger partial charge on any atom is -0.339 e. The van der Waals surface area contributed by atoms with Crippen LogP contribution in [0.3, 0.4) is 0 Å². The number of anilines is 1. The van der Waals surface area contributed by atoms with Gasteiger partial charge < -0.3 is 9.80 Å². The highest BCUT2D eigenvalue weighted by atomic mass is 19.1. The van der Waals surface area contributed by atoms with Gasteiger partial charge in [-0.1, -0.05) is 0 Å². The van der Waals surface area contributed by atoms with Gasteiger partial charge in [-0.3, -0.25) is 4.79 Å². The maximum atomic E-state index is 13.8. The molecule has 0 saturated carbocycles. The molecule has 1 fully saturated rings. The summed E-state index contributed by atoms with van der Waals surface area (Å²) in [4.78, 5) is 29.2. The Morgan fingerprint density at radius 2 is 1.81 bits per heavy atom. The lowest BCUT2D eigenvalue weighted by atomic mass is 10.1. The second kappa shape index (κ2) is 7.22. The first kappa shape index (κ1) is 17.3. The van der Waals surface area contributed by atoms with Crippen LogP contribution in [0.25, 0.3) is 10.9 Å². The van der Waals surface area contributed by atoms with E-state index in [1.54, 1.807) is 23.4 Å². The van der Waals surface area contributed by atoms with Crippen molar-refractivity contribution in [2.45, 2.75) is 6.42 Å². The van der Waals surface area contributed by atoms with Gasteiger partial charge in [-0.25, -0.2) is 23.7 Å². The van der Waals surface area contributed by atoms with E-state index in [2.05, 4.69) is 15.0 Å². The van der Waals surface area contributed by atoms with Crippen LogP contribution in [-0.2, 0) is 0 Å². The molecule has 3 aromatic rings. The Balaban J connectivity index is 1.53. The van der Waals surface area contributed by atoms with E-state index in [4.69, 9.17) is 0 Å².